The zero-order chi connectivity index (χ0) is 12.3. The average Bonchev–Trinajstić information content (AvgIpc) is 2.35. The molecule has 0 amide bonds. The van der Waals surface area contributed by atoms with E-state index in [4.69, 9.17) is 15.2 Å². The summed E-state index contributed by atoms with van der Waals surface area (Å²) in [4.78, 5) is 0. The summed E-state index contributed by atoms with van der Waals surface area (Å²) in [5.74, 6) is 0. The Hall–Kier alpha value is -1.06. The molecule has 1 aromatic rings. The Morgan fingerprint density at radius 2 is 1.59 bits per heavy atom. The number of anilines is 1. The van der Waals surface area contributed by atoms with Gasteiger partial charge in [-0.05, 0) is 37.0 Å². The Labute approximate surface area is 104 Å². The number of nitrogen functional groups attached to an aromatic ring is 1. The first-order chi connectivity index (χ1) is 8.33. The van der Waals surface area contributed by atoms with Crippen LogP contribution in [-0.2, 0) is 15.9 Å². The monoisotopic (exact) mass is 237 g/mol. The van der Waals surface area contributed by atoms with Crippen LogP contribution in [0.1, 0.15) is 25.3 Å². The molecule has 0 unspecified atom stereocenters. The Morgan fingerprint density at radius 1 is 0.941 bits per heavy atom. The molecule has 1 rings (SSSR count). The Balaban J connectivity index is 1.95. The van der Waals surface area contributed by atoms with Crippen LogP contribution < -0.4 is 5.73 Å². The molecule has 3 nitrogen and oxygen atoms in total. The number of rotatable bonds is 9. The lowest BCUT2D eigenvalue weighted by Gasteiger charge is -2.05. The van der Waals surface area contributed by atoms with Crippen molar-refractivity contribution >= 4 is 5.69 Å². The predicted molar refractivity (Wildman–Crippen MR) is 71.1 cm³/mol. The van der Waals surface area contributed by atoms with E-state index in [0.717, 1.165) is 38.2 Å². The van der Waals surface area contributed by atoms with E-state index in [0.29, 0.717) is 13.2 Å². The van der Waals surface area contributed by atoms with Gasteiger partial charge in [0.05, 0.1) is 13.2 Å². The second-order valence-electron chi connectivity index (χ2n) is 4.07. The lowest BCUT2D eigenvalue weighted by Crippen LogP contribution is -2.06. The van der Waals surface area contributed by atoms with Crippen molar-refractivity contribution in [3.8, 4) is 0 Å². The number of ether oxygens (including phenoxy) is 2. The second-order valence-corrected chi connectivity index (χ2v) is 4.07. The molecule has 0 aliphatic rings. The maximum absolute atomic E-state index is 5.62. The van der Waals surface area contributed by atoms with Crippen molar-refractivity contribution in [1.82, 2.24) is 0 Å². The quantitative estimate of drug-likeness (QED) is 0.530. The second kappa shape index (κ2) is 9.02. The number of nitrogens with two attached hydrogens (primary N) is 1. The summed E-state index contributed by atoms with van der Waals surface area (Å²) < 4.78 is 10.8. The van der Waals surface area contributed by atoms with E-state index >= 15 is 0 Å². The molecule has 0 saturated carbocycles. The van der Waals surface area contributed by atoms with Gasteiger partial charge in [0.25, 0.3) is 0 Å². The van der Waals surface area contributed by atoms with E-state index in [-0.39, 0.29) is 0 Å². The first-order valence-electron chi connectivity index (χ1n) is 6.33. The Morgan fingerprint density at radius 3 is 2.24 bits per heavy atom. The van der Waals surface area contributed by atoms with Crippen molar-refractivity contribution in [3.63, 3.8) is 0 Å². The molecule has 0 atom stereocenters. The SMILES string of the molecule is CCCOCCOCCCc1ccc(N)cc1. The molecular weight excluding hydrogens is 214 g/mol. The highest BCUT2D eigenvalue weighted by Gasteiger charge is 1.94. The van der Waals surface area contributed by atoms with Crippen molar-refractivity contribution < 1.29 is 9.47 Å². The number of hydrogen-bond donors (Lipinski definition) is 1. The Kier molecular flexibility index (Phi) is 7.43. The van der Waals surface area contributed by atoms with Gasteiger partial charge in [0, 0.05) is 18.9 Å². The van der Waals surface area contributed by atoms with E-state index in [2.05, 4.69) is 19.1 Å². The normalized spacial score (nSPS) is 10.6. The van der Waals surface area contributed by atoms with Crippen molar-refractivity contribution in [2.45, 2.75) is 26.2 Å². The van der Waals surface area contributed by atoms with Crippen LogP contribution in [0.4, 0.5) is 5.69 Å². The van der Waals surface area contributed by atoms with Crippen molar-refractivity contribution in [1.29, 1.82) is 0 Å². The van der Waals surface area contributed by atoms with E-state index in [1.807, 2.05) is 12.1 Å². The summed E-state index contributed by atoms with van der Waals surface area (Å²) in [7, 11) is 0. The molecule has 0 aliphatic carbocycles. The van der Waals surface area contributed by atoms with Gasteiger partial charge in [-0.15, -0.1) is 0 Å². The third kappa shape index (κ3) is 6.97. The number of benzene rings is 1. The molecule has 0 spiro atoms. The third-order valence-electron chi connectivity index (χ3n) is 2.45. The zero-order valence-corrected chi connectivity index (χ0v) is 10.7. The molecule has 96 valence electrons. The summed E-state index contributed by atoms with van der Waals surface area (Å²) in [6.07, 6.45) is 3.14. The molecule has 0 aliphatic heterocycles. The highest BCUT2D eigenvalue weighted by atomic mass is 16.5. The molecule has 1 aromatic carbocycles. The highest BCUT2D eigenvalue weighted by molar-refractivity contribution is 5.39. The average molecular weight is 237 g/mol. The zero-order valence-electron chi connectivity index (χ0n) is 10.7. The molecule has 0 aromatic heterocycles. The van der Waals surface area contributed by atoms with Gasteiger partial charge in [-0.1, -0.05) is 19.1 Å². The van der Waals surface area contributed by atoms with Crippen molar-refractivity contribution in [2.75, 3.05) is 32.2 Å². The van der Waals surface area contributed by atoms with Crippen LogP contribution in [0, 0.1) is 0 Å². The third-order valence-corrected chi connectivity index (χ3v) is 2.45. The van der Waals surface area contributed by atoms with Gasteiger partial charge in [-0.3, -0.25) is 0 Å². The van der Waals surface area contributed by atoms with Crippen LogP contribution in [0.25, 0.3) is 0 Å². The minimum Gasteiger partial charge on any atom is -0.399 e. The highest BCUT2D eigenvalue weighted by Crippen LogP contribution is 2.07. The first-order valence-corrected chi connectivity index (χ1v) is 6.33. The van der Waals surface area contributed by atoms with Crippen LogP contribution in [0.2, 0.25) is 0 Å². The van der Waals surface area contributed by atoms with Crippen LogP contribution >= 0.6 is 0 Å². The minimum absolute atomic E-state index is 0.696. The van der Waals surface area contributed by atoms with Gasteiger partial charge in [0.15, 0.2) is 0 Å². The molecule has 17 heavy (non-hydrogen) atoms. The van der Waals surface area contributed by atoms with Crippen LogP contribution in [0.15, 0.2) is 24.3 Å². The van der Waals surface area contributed by atoms with Crippen LogP contribution in [-0.4, -0.2) is 26.4 Å². The summed E-state index contributed by atoms with van der Waals surface area (Å²) in [5, 5.41) is 0. The summed E-state index contributed by atoms with van der Waals surface area (Å²) in [6, 6.07) is 8.02. The maximum atomic E-state index is 5.62. The van der Waals surface area contributed by atoms with Gasteiger partial charge >= 0.3 is 0 Å². The largest absolute Gasteiger partial charge is 0.399 e. The molecular formula is C14H23NO2. The van der Waals surface area contributed by atoms with Gasteiger partial charge in [-0.2, -0.15) is 0 Å². The van der Waals surface area contributed by atoms with Crippen molar-refractivity contribution in [2.24, 2.45) is 0 Å². The van der Waals surface area contributed by atoms with E-state index < -0.39 is 0 Å². The Bertz CT molecular complexity index is 285. The summed E-state index contributed by atoms with van der Waals surface area (Å²) in [5.41, 5.74) is 7.75. The molecule has 0 saturated heterocycles. The summed E-state index contributed by atoms with van der Waals surface area (Å²) >= 11 is 0. The number of aryl methyl sites for hydroxylation is 1. The van der Waals surface area contributed by atoms with Crippen LogP contribution in [0.5, 0.6) is 0 Å². The summed E-state index contributed by atoms with van der Waals surface area (Å²) in [6.45, 7) is 5.12. The molecule has 0 fully saturated rings. The lowest BCUT2D eigenvalue weighted by molar-refractivity contribution is 0.0472. The standard InChI is InChI=1S/C14H23NO2/c1-2-9-16-11-12-17-10-3-4-13-5-7-14(15)8-6-13/h5-8H,2-4,9-12,15H2,1H3. The van der Waals surface area contributed by atoms with E-state index in [1.165, 1.54) is 5.56 Å². The van der Waals surface area contributed by atoms with Gasteiger partial charge in [0.2, 0.25) is 0 Å². The molecule has 0 heterocycles. The lowest BCUT2D eigenvalue weighted by atomic mass is 10.1. The fraction of sp³-hybridized carbons (Fsp3) is 0.571. The topological polar surface area (TPSA) is 44.5 Å². The molecule has 0 bridgehead atoms. The fourth-order valence-corrected chi connectivity index (χ4v) is 1.53. The molecule has 3 heteroatoms. The van der Waals surface area contributed by atoms with Crippen molar-refractivity contribution in [3.05, 3.63) is 29.8 Å². The molecule has 0 radical (unpaired) electrons. The minimum atomic E-state index is 0.696. The van der Waals surface area contributed by atoms with Gasteiger partial charge in [-0.25, -0.2) is 0 Å². The van der Waals surface area contributed by atoms with E-state index in [1.54, 1.807) is 0 Å². The first kappa shape index (κ1) is 14.0. The van der Waals surface area contributed by atoms with Gasteiger partial charge < -0.3 is 15.2 Å². The van der Waals surface area contributed by atoms with E-state index in [9.17, 15) is 0 Å². The fourth-order valence-electron chi connectivity index (χ4n) is 1.53. The van der Waals surface area contributed by atoms with Gasteiger partial charge in [0.1, 0.15) is 0 Å². The maximum Gasteiger partial charge on any atom is 0.0700 e. The number of hydrogen-bond acceptors (Lipinski definition) is 3. The molecule has 2 N–H and O–H groups in total. The predicted octanol–water partition coefficient (Wildman–Crippen LogP) is 2.64. The van der Waals surface area contributed by atoms with Crippen LogP contribution in [0.3, 0.4) is 0 Å². The smallest absolute Gasteiger partial charge is 0.0700 e.